The van der Waals surface area contributed by atoms with Crippen LogP contribution >= 0.6 is 0 Å². The highest BCUT2D eigenvalue weighted by molar-refractivity contribution is 6.36. The third-order valence-corrected chi connectivity index (χ3v) is 2.36. The third kappa shape index (κ3) is 9.28. The summed E-state index contributed by atoms with van der Waals surface area (Å²) in [6, 6.07) is 4.30. The van der Waals surface area contributed by atoms with E-state index in [1.807, 2.05) is 30.4 Å². The Bertz CT molecular complexity index is 410. The van der Waals surface area contributed by atoms with E-state index in [4.69, 9.17) is 10.2 Å². The van der Waals surface area contributed by atoms with Gasteiger partial charge in [-0.05, 0) is 18.6 Å². The van der Waals surface area contributed by atoms with E-state index < -0.39 is 30.3 Å². The SMILES string of the molecule is CCCCC(=O)C(=O)NC(CO)C(=O)O.c1ccncc1. The number of rotatable bonds is 7. The lowest BCUT2D eigenvalue weighted by atomic mass is 10.1. The van der Waals surface area contributed by atoms with E-state index in [0.29, 0.717) is 6.42 Å². The first-order valence-corrected chi connectivity index (χ1v) is 6.55. The van der Waals surface area contributed by atoms with Crippen molar-refractivity contribution in [1.82, 2.24) is 10.3 Å². The number of aromatic nitrogens is 1. The fourth-order valence-corrected chi connectivity index (χ4v) is 1.19. The number of carbonyl (C=O) groups excluding carboxylic acids is 2. The minimum atomic E-state index is -1.41. The van der Waals surface area contributed by atoms with Crippen LogP contribution in [-0.2, 0) is 14.4 Å². The van der Waals surface area contributed by atoms with Crippen molar-refractivity contribution in [3.05, 3.63) is 30.6 Å². The first-order valence-electron chi connectivity index (χ1n) is 6.55. The van der Waals surface area contributed by atoms with Crippen LogP contribution in [0.2, 0.25) is 0 Å². The molecule has 116 valence electrons. The van der Waals surface area contributed by atoms with Gasteiger partial charge in [-0.15, -0.1) is 0 Å². The van der Waals surface area contributed by atoms with Crippen molar-refractivity contribution in [2.24, 2.45) is 0 Å². The number of unbranched alkanes of at least 4 members (excludes halogenated alkanes) is 1. The standard InChI is InChI=1S/C9H15NO5.C5H5N/c1-2-3-4-7(12)8(13)10-6(5-11)9(14)15;1-2-4-6-5-3-1/h6,11H,2-5H2,1H3,(H,10,13)(H,14,15);1-5H. The predicted molar refractivity (Wildman–Crippen MR) is 75.4 cm³/mol. The summed E-state index contributed by atoms with van der Waals surface area (Å²) in [5.74, 6) is -2.98. The number of carboxylic acid groups (broad SMARTS) is 1. The summed E-state index contributed by atoms with van der Waals surface area (Å²) >= 11 is 0. The van der Waals surface area contributed by atoms with Crippen molar-refractivity contribution < 1.29 is 24.6 Å². The highest BCUT2D eigenvalue weighted by Crippen LogP contribution is 1.95. The lowest BCUT2D eigenvalue weighted by molar-refractivity contribution is -0.145. The van der Waals surface area contributed by atoms with Gasteiger partial charge in [-0.1, -0.05) is 19.4 Å². The fraction of sp³-hybridized carbons (Fsp3) is 0.429. The molecule has 21 heavy (non-hydrogen) atoms. The number of hydrogen-bond acceptors (Lipinski definition) is 5. The molecular weight excluding hydrogens is 276 g/mol. The molecule has 3 N–H and O–H groups in total. The van der Waals surface area contributed by atoms with E-state index >= 15 is 0 Å². The highest BCUT2D eigenvalue weighted by atomic mass is 16.4. The lowest BCUT2D eigenvalue weighted by Crippen LogP contribution is -2.46. The molecule has 1 amide bonds. The molecule has 0 radical (unpaired) electrons. The molecule has 0 aliphatic rings. The van der Waals surface area contributed by atoms with Crippen LogP contribution in [0.25, 0.3) is 0 Å². The number of aliphatic hydroxyl groups excluding tert-OH is 1. The molecule has 0 bridgehead atoms. The van der Waals surface area contributed by atoms with Crippen molar-refractivity contribution in [3.63, 3.8) is 0 Å². The molecule has 0 aromatic carbocycles. The molecule has 0 saturated carbocycles. The van der Waals surface area contributed by atoms with Crippen molar-refractivity contribution in [3.8, 4) is 0 Å². The van der Waals surface area contributed by atoms with E-state index in [2.05, 4.69) is 4.98 Å². The molecule has 1 aromatic rings. The topological polar surface area (TPSA) is 117 Å². The maximum Gasteiger partial charge on any atom is 0.328 e. The molecule has 7 nitrogen and oxygen atoms in total. The van der Waals surface area contributed by atoms with Crippen LogP contribution < -0.4 is 5.32 Å². The van der Waals surface area contributed by atoms with Gasteiger partial charge in [-0.25, -0.2) is 4.79 Å². The number of nitrogens with one attached hydrogen (secondary N) is 1. The smallest absolute Gasteiger partial charge is 0.328 e. The summed E-state index contributed by atoms with van der Waals surface area (Å²) in [5, 5.41) is 19.0. The summed E-state index contributed by atoms with van der Waals surface area (Å²) in [6.45, 7) is 1.14. The van der Waals surface area contributed by atoms with Gasteiger partial charge in [0.25, 0.3) is 5.91 Å². The van der Waals surface area contributed by atoms with E-state index in [-0.39, 0.29) is 6.42 Å². The normalized spacial score (nSPS) is 10.8. The number of aliphatic hydroxyl groups is 1. The number of pyridine rings is 1. The van der Waals surface area contributed by atoms with E-state index in [0.717, 1.165) is 6.42 Å². The molecule has 0 spiro atoms. The minimum Gasteiger partial charge on any atom is -0.480 e. The van der Waals surface area contributed by atoms with Crippen LogP contribution in [-0.4, -0.2) is 45.5 Å². The largest absolute Gasteiger partial charge is 0.480 e. The van der Waals surface area contributed by atoms with Gasteiger partial charge in [-0.2, -0.15) is 0 Å². The first kappa shape index (κ1) is 18.7. The number of amides is 1. The molecular formula is C14H20N2O5. The van der Waals surface area contributed by atoms with Gasteiger partial charge in [0.2, 0.25) is 5.78 Å². The zero-order valence-corrected chi connectivity index (χ0v) is 11.9. The molecule has 1 heterocycles. The monoisotopic (exact) mass is 296 g/mol. The van der Waals surface area contributed by atoms with Gasteiger partial charge in [-0.3, -0.25) is 14.6 Å². The molecule has 0 aliphatic heterocycles. The Hall–Kier alpha value is -2.28. The quantitative estimate of drug-likeness (QED) is 0.627. The Balaban J connectivity index is 0.000000547. The minimum absolute atomic E-state index is 0.0973. The summed E-state index contributed by atoms with van der Waals surface area (Å²) in [4.78, 5) is 36.4. The maximum absolute atomic E-state index is 11.1. The Morgan fingerprint density at radius 2 is 1.81 bits per heavy atom. The number of carboxylic acids is 1. The van der Waals surface area contributed by atoms with E-state index in [1.165, 1.54) is 0 Å². The first-order chi connectivity index (χ1) is 10.0. The fourth-order valence-electron chi connectivity index (χ4n) is 1.19. The van der Waals surface area contributed by atoms with Crippen LogP contribution in [0.15, 0.2) is 30.6 Å². The van der Waals surface area contributed by atoms with Crippen molar-refractivity contribution in [2.75, 3.05) is 6.61 Å². The van der Waals surface area contributed by atoms with Crippen LogP contribution in [0, 0.1) is 0 Å². The number of hydrogen-bond donors (Lipinski definition) is 3. The summed E-state index contributed by atoms with van der Waals surface area (Å²) in [6.07, 6.45) is 4.96. The molecule has 0 saturated heterocycles. The Kier molecular flexibility index (Phi) is 10.3. The number of ketones is 1. The van der Waals surface area contributed by atoms with Crippen LogP contribution in [0.4, 0.5) is 0 Å². The van der Waals surface area contributed by atoms with Gasteiger partial charge in [0.15, 0.2) is 6.04 Å². The van der Waals surface area contributed by atoms with Gasteiger partial charge in [0.1, 0.15) is 0 Å². The van der Waals surface area contributed by atoms with Gasteiger partial charge in [0, 0.05) is 18.8 Å². The second-order valence-corrected chi connectivity index (χ2v) is 4.10. The number of carbonyl (C=O) groups is 3. The highest BCUT2D eigenvalue weighted by Gasteiger charge is 2.22. The van der Waals surface area contributed by atoms with Crippen molar-refractivity contribution >= 4 is 17.7 Å². The van der Waals surface area contributed by atoms with Gasteiger partial charge < -0.3 is 15.5 Å². The molecule has 1 unspecified atom stereocenters. The number of Topliss-reactive ketones (excluding diaryl/α,β-unsaturated/α-hetero) is 1. The van der Waals surface area contributed by atoms with Crippen LogP contribution in [0.5, 0.6) is 0 Å². The zero-order valence-electron chi connectivity index (χ0n) is 11.9. The second kappa shape index (κ2) is 11.5. The summed E-state index contributed by atoms with van der Waals surface area (Å²) in [7, 11) is 0. The average Bonchev–Trinajstić information content (AvgIpc) is 2.51. The van der Waals surface area contributed by atoms with E-state index in [1.54, 1.807) is 12.4 Å². The molecule has 1 rings (SSSR count). The van der Waals surface area contributed by atoms with Gasteiger partial charge in [0.05, 0.1) is 6.61 Å². The van der Waals surface area contributed by atoms with Crippen molar-refractivity contribution in [2.45, 2.75) is 32.2 Å². The molecule has 0 aliphatic carbocycles. The summed E-state index contributed by atoms with van der Waals surface area (Å²) in [5.41, 5.74) is 0. The number of nitrogens with zero attached hydrogens (tertiary/aromatic N) is 1. The average molecular weight is 296 g/mol. The Labute approximate surface area is 123 Å². The summed E-state index contributed by atoms with van der Waals surface area (Å²) < 4.78 is 0. The molecule has 0 fully saturated rings. The third-order valence-electron chi connectivity index (χ3n) is 2.36. The van der Waals surface area contributed by atoms with Gasteiger partial charge >= 0.3 is 5.97 Å². The Morgan fingerprint density at radius 3 is 2.14 bits per heavy atom. The Morgan fingerprint density at radius 1 is 1.19 bits per heavy atom. The number of aliphatic carboxylic acids is 1. The van der Waals surface area contributed by atoms with Crippen molar-refractivity contribution in [1.29, 1.82) is 0 Å². The van der Waals surface area contributed by atoms with Crippen LogP contribution in [0.3, 0.4) is 0 Å². The molecule has 1 atom stereocenters. The second-order valence-electron chi connectivity index (χ2n) is 4.10. The lowest BCUT2D eigenvalue weighted by Gasteiger charge is -2.10. The molecule has 7 heteroatoms. The van der Waals surface area contributed by atoms with E-state index in [9.17, 15) is 14.4 Å². The maximum atomic E-state index is 11.1. The predicted octanol–water partition coefficient (Wildman–Crippen LogP) is 0.389. The van der Waals surface area contributed by atoms with Crippen LogP contribution in [0.1, 0.15) is 26.2 Å². The molecule has 1 aromatic heterocycles. The zero-order chi connectivity index (χ0) is 16.1.